The Bertz CT molecular complexity index is 867. The van der Waals surface area contributed by atoms with Crippen LogP contribution in [0.1, 0.15) is 18.1 Å². The van der Waals surface area contributed by atoms with Gasteiger partial charge in [-0.05, 0) is 53.4 Å². The van der Waals surface area contributed by atoms with E-state index in [-0.39, 0.29) is 0 Å². The summed E-state index contributed by atoms with van der Waals surface area (Å²) in [5, 5.41) is 0. The van der Waals surface area contributed by atoms with Gasteiger partial charge in [0.2, 0.25) is 0 Å². The van der Waals surface area contributed by atoms with E-state index in [9.17, 15) is 0 Å². The van der Waals surface area contributed by atoms with Gasteiger partial charge in [0.25, 0.3) is 0 Å². The first-order chi connectivity index (χ1) is 12.8. The summed E-state index contributed by atoms with van der Waals surface area (Å²) in [5.41, 5.74) is 7.53. The third kappa shape index (κ3) is 3.41. The molecule has 0 radical (unpaired) electrons. The Morgan fingerprint density at radius 1 is 0.385 bits per heavy atom. The van der Waals surface area contributed by atoms with Crippen LogP contribution in [0.3, 0.4) is 0 Å². The predicted octanol–water partition coefficient (Wildman–Crippen LogP) is 7.01. The van der Waals surface area contributed by atoms with E-state index < -0.39 is 0 Å². The molecule has 26 heavy (non-hydrogen) atoms. The van der Waals surface area contributed by atoms with Gasteiger partial charge in [-0.2, -0.15) is 0 Å². The smallest absolute Gasteiger partial charge is 0.0622 e. The van der Waals surface area contributed by atoms with Crippen LogP contribution in [0, 0.1) is 5.92 Å². The molecule has 0 spiro atoms. The predicted molar refractivity (Wildman–Crippen MR) is 111 cm³/mol. The van der Waals surface area contributed by atoms with Gasteiger partial charge < -0.3 is 0 Å². The van der Waals surface area contributed by atoms with Crippen molar-refractivity contribution in [3.63, 3.8) is 0 Å². The summed E-state index contributed by atoms with van der Waals surface area (Å²) < 4.78 is 0. The average molecular weight is 333 g/mol. The fourth-order valence-corrected chi connectivity index (χ4v) is 3.25. The minimum atomic E-state index is 1.25. The van der Waals surface area contributed by atoms with Crippen LogP contribution in [0.4, 0.5) is 0 Å². The molecule has 0 aromatic heterocycles. The van der Waals surface area contributed by atoms with Gasteiger partial charge in [0, 0.05) is 30.2 Å². The molecule has 4 rings (SSSR count). The maximum atomic E-state index is 2.21. The van der Waals surface area contributed by atoms with Crippen LogP contribution in [0.5, 0.6) is 0 Å². The molecule has 0 N–H and O–H groups in total. The van der Waals surface area contributed by atoms with Crippen molar-refractivity contribution in [1.82, 2.24) is 0 Å². The lowest BCUT2D eigenvalue weighted by Gasteiger charge is -2.08. The Balaban J connectivity index is 1.55. The zero-order valence-corrected chi connectivity index (χ0v) is 14.9. The molecule has 0 aliphatic heterocycles. The topological polar surface area (TPSA) is 0 Å². The number of benzene rings is 4. The Hall–Kier alpha value is -3.25. The van der Waals surface area contributed by atoms with Crippen molar-refractivity contribution >= 4 is 0 Å². The van der Waals surface area contributed by atoms with Crippen molar-refractivity contribution in [3.05, 3.63) is 126 Å². The summed E-state index contributed by atoms with van der Waals surface area (Å²) in [7, 11) is 0. The van der Waals surface area contributed by atoms with Crippen LogP contribution in [0.2, 0.25) is 0 Å². The second kappa shape index (κ2) is 7.33. The van der Waals surface area contributed by atoms with E-state index in [1.807, 2.05) is 0 Å². The molecule has 0 fully saturated rings. The van der Waals surface area contributed by atoms with Gasteiger partial charge >= 0.3 is 0 Å². The first kappa shape index (κ1) is 16.2. The average Bonchev–Trinajstić information content (AvgIpc) is 2.75. The highest BCUT2D eigenvalue weighted by Gasteiger charge is 2.15. The zero-order chi connectivity index (χ0) is 17.8. The summed E-state index contributed by atoms with van der Waals surface area (Å²) >= 11 is 0. The van der Waals surface area contributed by atoms with Gasteiger partial charge in [-0.1, -0.05) is 60.7 Å². The Morgan fingerprint density at radius 2 is 0.692 bits per heavy atom. The van der Waals surface area contributed by atoms with E-state index in [4.69, 9.17) is 0 Å². The van der Waals surface area contributed by atoms with E-state index in [1.165, 1.54) is 39.3 Å². The molecule has 4 aromatic carbocycles. The second-order valence-corrected chi connectivity index (χ2v) is 6.51. The molecule has 0 nitrogen and oxygen atoms in total. The van der Waals surface area contributed by atoms with Gasteiger partial charge in [0.1, 0.15) is 0 Å². The van der Waals surface area contributed by atoms with Crippen molar-refractivity contribution in [2.75, 3.05) is 0 Å². The molecule has 0 heteroatoms. The molecular formula is C26H21+. The fraction of sp³-hybridized carbons (Fsp3) is 0.0385. The number of hydrogen-bond donors (Lipinski definition) is 0. The molecule has 0 amide bonds. The van der Waals surface area contributed by atoms with Crippen LogP contribution in [0.25, 0.3) is 22.3 Å². The zero-order valence-electron chi connectivity index (χ0n) is 14.9. The van der Waals surface area contributed by atoms with Gasteiger partial charge in [-0.3, -0.25) is 0 Å². The van der Waals surface area contributed by atoms with Gasteiger partial charge in [-0.25, -0.2) is 0 Å². The first-order valence-corrected chi connectivity index (χ1v) is 8.96. The SMILES string of the molecule is C[C+](c1ccc(-c2ccccc2)cc1)c1ccc(-c2ccccc2)cc1. The lowest BCUT2D eigenvalue weighted by atomic mass is 9.90. The van der Waals surface area contributed by atoms with E-state index >= 15 is 0 Å². The van der Waals surface area contributed by atoms with Crippen molar-refractivity contribution in [2.24, 2.45) is 0 Å². The molecule has 0 aliphatic carbocycles. The normalized spacial score (nSPS) is 10.5. The summed E-state index contributed by atoms with van der Waals surface area (Å²) in [4.78, 5) is 0. The highest BCUT2D eigenvalue weighted by atomic mass is 14.1. The lowest BCUT2D eigenvalue weighted by molar-refractivity contribution is 1.19. The Labute approximate surface area is 155 Å². The van der Waals surface area contributed by atoms with Crippen molar-refractivity contribution < 1.29 is 0 Å². The lowest BCUT2D eigenvalue weighted by Crippen LogP contribution is -1.97. The van der Waals surface area contributed by atoms with Crippen LogP contribution in [-0.2, 0) is 0 Å². The maximum Gasteiger partial charge on any atom is 0.0753 e. The molecule has 124 valence electrons. The molecular weight excluding hydrogens is 312 g/mol. The molecule has 0 heterocycles. The van der Waals surface area contributed by atoms with Crippen molar-refractivity contribution in [3.8, 4) is 22.3 Å². The minimum Gasteiger partial charge on any atom is -0.0622 e. The van der Waals surface area contributed by atoms with E-state index in [2.05, 4.69) is 116 Å². The Kier molecular flexibility index (Phi) is 4.57. The largest absolute Gasteiger partial charge is 0.0753 e. The van der Waals surface area contributed by atoms with Crippen LogP contribution in [0.15, 0.2) is 109 Å². The summed E-state index contributed by atoms with van der Waals surface area (Å²) in [6.45, 7) is 2.19. The Morgan fingerprint density at radius 3 is 1.04 bits per heavy atom. The number of rotatable bonds is 4. The van der Waals surface area contributed by atoms with E-state index in [0.717, 1.165) is 0 Å². The summed E-state index contributed by atoms with van der Waals surface area (Å²) in [5.74, 6) is 1.30. The molecule has 0 atom stereocenters. The summed E-state index contributed by atoms with van der Waals surface area (Å²) in [6.07, 6.45) is 0. The first-order valence-electron chi connectivity index (χ1n) is 8.96. The standard InChI is InChI=1S/C26H21/c1-20(21-12-16-25(17-13-21)23-8-4-2-5-9-23)22-14-18-26(19-15-22)24-10-6-3-7-11-24/h2-19H,1H3/q+1. The minimum absolute atomic E-state index is 1.25. The maximum absolute atomic E-state index is 2.21. The highest BCUT2D eigenvalue weighted by molar-refractivity contribution is 5.66. The third-order valence-electron chi connectivity index (χ3n) is 4.85. The van der Waals surface area contributed by atoms with E-state index in [0.29, 0.717) is 0 Å². The van der Waals surface area contributed by atoms with Gasteiger partial charge in [-0.15, -0.1) is 0 Å². The third-order valence-corrected chi connectivity index (χ3v) is 4.85. The number of hydrogen-bond acceptors (Lipinski definition) is 0. The molecule has 0 bridgehead atoms. The highest BCUT2D eigenvalue weighted by Crippen LogP contribution is 2.28. The van der Waals surface area contributed by atoms with Gasteiger partial charge in [0.05, 0.1) is 11.1 Å². The molecule has 4 aromatic rings. The molecule has 0 saturated heterocycles. The molecule has 0 saturated carbocycles. The quantitative estimate of drug-likeness (QED) is 0.352. The van der Waals surface area contributed by atoms with Crippen LogP contribution >= 0.6 is 0 Å². The van der Waals surface area contributed by atoms with Crippen molar-refractivity contribution in [1.29, 1.82) is 0 Å². The molecule has 0 aliphatic rings. The van der Waals surface area contributed by atoms with Crippen molar-refractivity contribution in [2.45, 2.75) is 6.92 Å². The van der Waals surface area contributed by atoms with Crippen LogP contribution < -0.4 is 0 Å². The summed E-state index contributed by atoms with van der Waals surface area (Å²) in [6, 6.07) is 38.6. The fourth-order valence-electron chi connectivity index (χ4n) is 3.25. The monoisotopic (exact) mass is 333 g/mol. The molecule has 0 unspecified atom stereocenters. The van der Waals surface area contributed by atoms with Crippen LogP contribution in [-0.4, -0.2) is 0 Å². The van der Waals surface area contributed by atoms with Gasteiger partial charge in [0.15, 0.2) is 0 Å². The van der Waals surface area contributed by atoms with E-state index in [1.54, 1.807) is 0 Å². The second-order valence-electron chi connectivity index (χ2n) is 6.51.